The van der Waals surface area contributed by atoms with E-state index in [1.54, 1.807) is 12.1 Å². The van der Waals surface area contributed by atoms with E-state index in [4.69, 9.17) is 0 Å². The van der Waals surface area contributed by atoms with Gasteiger partial charge in [0.25, 0.3) is 5.91 Å². The van der Waals surface area contributed by atoms with Crippen molar-refractivity contribution in [1.29, 1.82) is 0 Å². The number of fused-ring (bicyclic) bond motifs is 1. The number of sulfonamides is 1. The van der Waals surface area contributed by atoms with Gasteiger partial charge in [-0.1, -0.05) is 30.3 Å². The first kappa shape index (κ1) is 17.1. The van der Waals surface area contributed by atoms with Crippen LogP contribution in [0.1, 0.15) is 34.3 Å². The highest BCUT2D eigenvalue weighted by Crippen LogP contribution is 2.47. The van der Waals surface area contributed by atoms with Gasteiger partial charge < -0.3 is 5.32 Å². The lowest BCUT2D eigenvalue weighted by molar-refractivity contribution is 0.0949. The van der Waals surface area contributed by atoms with Crippen LogP contribution in [0.4, 0.5) is 5.69 Å². The Bertz CT molecular complexity index is 950. The molecule has 5 nitrogen and oxygen atoms in total. The summed E-state index contributed by atoms with van der Waals surface area (Å²) in [4.78, 5) is 12.6. The van der Waals surface area contributed by atoms with Gasteiger partial charge in [0.2, 0.25) is 10.0 Å². The second-order valence-corrected chi connectivity index (χ2v) is 9.16. The third-order valence-corrected chi connectivity index (χ3v) is 6.60. The molecule has 2 aliphatic rings. The average molecular weight is 370 g/mol. The van der Waals surface area contributed by atoms with Gasteiger partial charge in [0.15, 0.2) is 0 Å². The van der Waals surface area contributed by atoms with E-state index in [0.29, 0.717) is 30.8 Å². The summed E-state index contributed by atoms with van der Waals surface area (Å²) in [6, 6.07) is 15.6. The molecule has 1 fully saturated rings. The van der Waals surface area contributed by atoms with Crippen molar-refractivity contribution in [3.8, 4) is 0 Å². The van der Waals surface area contributed by atoms with E-state index in [1.165, 1.54) is 16.1 Å². The van der Waals surface area contributed by atoms with E-state index >= 15 is 0 Å². The molecule has 1 saturated carbocycles. The SMILES string of the molecule is CS(=O)(=O)N1CCc2cc(C(=O)NCC3(c4ccccc4)CC3)ccc21. The number of hydrogen-bond acceptors (Lipinski definition) is 3. The first-order chi connectivity index (χ1) is 12.4. The van der Waals surface area contributed by atoms with Crippen molar-refractivity contribution in [2.45, 2.75) is 24.7 Å². The van der Waals surface area contributed by atoms with Gasteiger partial charge in [-0.05, 0) is 48.6 Å². The van der Waals surface area contributed by atoms with Crippen LogP contribution in [-0.4, -0.2) is 33.7 Å². The van der Waals surface area contributed by atoms with Gasteiger partial charge in [-0.3, -0.25) is 9.10 Å². The quantitative estimate of drug-likeness (QED) is 0.879. The molecule has 1 heterocycles. The Labute approximate surface area is 154 Å². The van der Waals surface area contributed by atoms with E-state index < -0.39 is 10.0 Å². The maximum absolute atomic E-state index is 12.6. The van der Waals surface area contributed by atoms with Gasteiger partial charge in [0, 0.05) is 24.1 Å². The normalized spacial score (nSPS) is 17.7. The predicted octanol–water partition coefficient (Wildman–Crippen LogP) is 2.47. The Hall–Kier alpha value is -2.34. The standard InChI is InChI=1S/C20H22N2O3S/c1-26(24,25)22-12-9-15-13-16(7-8-18(15)22)19(23)21-14-20(10-11-20)17-5-3-2-4-6-17/h2-8,13H,9-12,14H2,1H3,(H,21,23). The third kappa shape index (κ3) is 3.09. The summed E-state index contributed by atoms with van der Waals surface area (Å²) < 4.78 is 25.0. The van der Waals surface area contributed by atoms with Crippen molar-refractivity contribution in [1.82, 2.24) is 5.32 Å². The van der Waals surface area contributed by atoms with Gasteiger partial charge in [0.05, 0.1) is 11.9 Å². The van der Waals surface area contributed by atoms with Crippen LogP contribution >= 0.6 is 0 Å². The van der Waals surface area contributed by atoms with Crippen LogP contribution in [0, 0.1) is 0 Å². The maximum atomic E-state index is 12.6. The van der Waals surface area contributed by atoms with Gasteiger partial charge in [-0.2, -0.15) is 0 Å². The van der Waals surface area contributed by atoms with E-state index in [2.05, 4.69) is 17.4 Å². The van der Waals surface area contributed by atoms with Gasteiger partial charge >= 0.3 is 0 Å². The molecule has 1 amide bonds. The summed E-state index contributed by atoms with van der Waals surface area (Å²) in [6.07, 6.45) is 4.02. The lowest BCUT2D eigenvalue weighted by atomic mass is 9.96. The first-order valence-electron chi connectivity index (χ1n) is 8.83. The molecule has 1 aliphatic heterocycles. The molecule has 1 aliphatic carbocycles. The number of carbonyl (C=O) groups is 1. The number of hydrogen-bond donors (Lipinski definition) is 1. The summed E-state index contributed by atoms with van der Waals surface area (Å²) >= 11 is 0. The van der Waals surface area contributed by atoms with E-state index in [0.717, 1.165) is 18.4 Å². The molecule has 0 aromatic heterocycles. The molecule has 1 N–H and O–H groups in total. The third-order valence-electron chi connectivity index (χ3n) is 5.42. The number of carbonyl (C=O) groups excluding carboxylic acids is 1. The minimum Gasteiger partial charge on any atom is -0.351 e. The highest BCUT2D eigenvalue weighted by Gasteiger charge is 2.44. The molecular formula is C20H22N2O3S. The zero-order valence-corrected chi connectivity index (χ0v) is 15.6. The zero-order valence-electron chi connectivity index (χ0n) is 14.7. The van der Waals surface area contributed by atoms with Crippen LogP contribution in [0.15, 0.2) is 48.5 Å². The Morgan fingerprint density at radius 1 is 1.15 bits per heavy atom. The summed E-state index contributed by atoms with van der Waals surface area (Å²) in [6.45, 7) is 1.07. The maximum Gasteiger partial charge on any atom is 0.251 e. The highest BCUT2D eigenvalue weighted by atomic mass is 32.2. The van der Waals surface area contributed by atoms with Crippen molar-refractivity contribution < 1.29 is 13.2 Å². The van der Waals surface area contributed by atoms with Crippen molar-refractivity contribution in [3.63, 3.8) is 0 Å². The van der Waals surface area contributed by atoms with Crippen molar-refractivity contribution in [2.75, 3.05) is 23.7 Å². The molecule has 6 heteroatoms. The largest absolute Gasteiger partial charge is 0.351 e. The summed E-state index contributed by atoms with van der Waals surface area (Å²) in [7, 11) is -3.27. The Kier molecular flexibility index (Phi) is 4.03. The molecule has 0 bridgehead atoms. The smallest absolute Gasteiger partial charge is 0.251 e. The molecule has 0 saturated heterocycles. The van der Waals surface area contributed by atoms with Gasteiger partial charge in [-0.15, -0.1) is 0 Å². The van der Waals surface area contributed by atoms with Crippen LogP contribution in [-0.2, 0) is 21.9 Å². The molecule has 4 rings (SSSR count). The van der Waals surface area contributed by atoms with E-state index in [-0.39, 0.29) is 11.3 Å². The highest BCUT2D eigenvalue weighted by molar-refractivity contribution is 7.92. The Morgan fingerprint density at radius 3 is 2.54 bits per heavy atom. The van der Waals surface area contributed by atoms with Crippen molar-refractivity contribution in [3.05, 3.63) is 65.2 Å². The fourth-order valence-electron chi connectivity index (χ4n) is 3.72. The molecule has 0 atom stereocenters. The van der Waals surface area contributed by atoms with Crippen molar-refractivity contribution >= 4 is 21.6 Å². The van der Waals surface area contributed by atoms with E-state index in [9.17, 15) is 13.2 Å². The molecule has 2 aromatic carbocycles. The lowest BCUT2D eigenvalue weighted by Crippen LogP contribution is -2.32. The molecule has 0 radical (unpaired) electrons. The van der Waals surface area contributed by atoms with Crippen LogP contribution < -0.4 is 9.62 Å². The average Bonchev–Trinajstić information content (AvgIpc) is 3.29. The molecular weight excluding hydrogens is 348 g/mol. The summed E-state index contributed by atoms with van der Waals surface area (Å²) in [5.41, 5.74) is 3.53. The lowest BCUT2D eigenvalue weighted by Gasteiger charge is -2.18. The van der Waals surface area contributed by atoms with Gasteiger partial charge in [-0.25, -0.2) is 8.42 Å². The molecule has 26 heavy (non-hydrogen) atoms. The summed E-state index contributed by atoms with van der Waals surface area (Å²) in [5.74, 6) is -0.104. The van der Waals surface area contributed by atoms with Crippen LogP contribution in [0.5, 0.6) is 0 Å². The monoisotopic (exact) mass is 370 g/mol. The molecule has 136 valence electrons. The fourth-order valence-corrected chi connectivity index (χ4v) is 4.68. The number of nitrogens with one attached hydrogen (secondary N) is 1. The zero-order chi connectivity index (χ0) is 18.4. The van der Waals surface area contributed by atoms with Crippen LogP contribution in [0.2, 0.25) is 0 Å². The van der Waals surface area contributed by atoms with Crippen LogP contribution in [0.3, 0.4) is 0 Å². The molecule has 0 spiro atoms. The minimum absolute atomic E-state index is 0.0702. The van der Waals surface area contributed by atoms with Crippen LogP contribution in [0.25, 0.3) is 0 Å². The first-order valence-corrected chi connectivity index (χ1v) is 10.7. The fraction of sp³-hybridized carbons (Fsp3) is 0.350. The Balaban J connectivity index is 1.47. The summed E-state index contributed by atoms with van der Waals surface area (Å²) in [5, 5.41) is 3.06. The number of anilines is 1. The number of nitrogens with zero attached hydrogens (tertiary/aromatic N) is 1. The van der Waals surface area contributed by atoms with E-state index in [1.807, 2.05) is 24.3 Å². The number of amides is 1. The Morgan fingerprint density at radius 2 is 1.88 bits per heavy atom. The second kappa shape index (κ2) is 6.13. The second-order valence-electron chi connectivity index (χ2n) is 7.26. The minimum atomic E-state index is -3.27. The molecule has 0 unspecified atom stereocenters. The molecule has 2 aromatic rings. The topological polar surface area (TPSA) is 66.5 Å². The van der Waals surface area contributed by atoms with Gasteiger partial charge in [0.1, 0.15) is 0 Å². The van der Waals surface area contributed by atoms with Crippen molar-refractivity contribution in [2.24, 2.45) is 0 Å². The predicted molar refractivity (Wildman–Crippen MR) is 102 cm³/mol. The number of benzene rings is 2. The number of rotatable bonds is 5.